The molecule has 17 nitrogen and oxygen atoms in total. The second kappa shape index (κ2) is 63.5. The third-order valence-electron chi connectivity index (χ3n) is 16.3. The van der Waals surface area contributed by atoms with Gasteiger partial charge in [0, 0.05) is 25.7 Å². The molecule has 5 atom stereocenters. The first-order valence-electron chi connectivity index (χ1n) is 36.6. The van der Waals surface area contributed by atoms with E-state index in [-0.39, 0.29) is 25.7 Å². The third-order valence-corrected chi connectivity index (χ3v) is 18.2. The van der Waals surface area contributed by atoms with E-state index in [1.54, 1.807) is 0 Å². The summed E-state index contributed by atoms with van der Waals surface area (Å²) in [6.07, 6.45) is 50.5. The van der Waals surface area contributed by atoms with Crippen molar-refractivity contribution in [1.82, 2.24) is 0 Å². The van der Waals surface area contributed by atoms with E-state index in [9.17, 15) is 43.2 Å². The summed E-state index contributed by atoms with van der Waals surface area (Å²) in [4.78, 5) is 72.2. The molecular formula is C70H136O17P2. The number of aliphatic hydroxyl groups excluding tert-OH is 1. The molecule has 0 bridgehead atoms. The van der Waals surface area contributed by atoms with Gasteiger partial charge < -0.3 is 33.8 Å². The molecule has 0 radical (unpaired) electrons. The summed E-state index contributed by atoms with van der Waals surface area (Å²) < 4.78 is 68.0. The molecular weight excluding hydrogens is 1170 g/mol. The van der Waals surface area contributed by atoms with Crippen molar-refractivity contribution in [2.75, 3.05) is 39.6 Å². The SMILES string of the molecule is CCCCCCCCCCCCCCCCCCCCCCCC(=O)O[C@H](COC(=O)CCCCCCCCCCCCCC)COP(=O)(O)OC[C@@H](O)COP(=O)(O)OC[C@@H](COC(=O)CCCCCCC)OC(=O)CCCCCCCCCCC(C)C. The number of hydrogen-bond acceptors (Lipinski definition) is 15. The fraction of sp³-hybridized carbons (Fsp3) is 0.943. The zero-order valence-electron chi connectivity index (χ0n) is 57.6. The van der Waals surface area contributed by atoms with E-state index in [0.717, 1.165) is 102 Å². The molecule has 0 spiro atoms. The molecule has 0 heterocycles. The molecule has 2 unspecified atom stereocenters. The van der Waals surface area contributed by atoms with Gasteiger partial charge in [-0.1, -0.05) is 311 Å². The minimum Gasteiger partial charge on any atom is -0.462 e. The number of aliphatic hydroxyl groups is 1. The smallest absolute Gasteiger partial charge is 0.462 e. The molecule has 0 aromatic rings. The maximum absolute atomic E-state index is 13.0. The van der Waals surface area contributed by atoms with Crippen molar-refractivity contribution < 1.29 is 80.2 Å². The lowest BCUT2D eigenvalue weighted by atomic mass is 10.0. The topological polar surface area (TPSA) is 237 Å². The van der Waals surface area contributed by atoms with Crippen LogP contribution in [-0.2, 0) is 65.4 Å². The predicted molar refractivity (Wildman–Crippen MR) is 358 cm³/mol. The summed E-state index contributed by atoms with van der Waals surface area (Å²) in [6, 6.07) is 0. The van der Waals surface area contributed by atoms with Crippen LogP contribution in [0.25, 0.3) is 0 Å². The Morgan fingerprint density at radius 3 is 0.764 bits per heavy atom. The monoisotopic (exact) mass is 1310 g/mol. The largest absolute Gasteiger partial charge is 0.472 e. The Morgan fingerprint density at radius 1 is 0.303 bits per heavy atom. The summed E-state index contributed by atoms with van der Waals surface area (Å²) in [5.41, 5.74) is 0. The molecule has 0 aromatic carbocycles. The zero-order chi connectivity index (χ0) is 65.6. The van der Waals surface area contributed by atoms with E-state index in [1.807, 2.05) is 0 Å². The molecule has 3 N–H and O–H groups in total. The number of esters is 4. The van der Waals surface area contributed by atoms with Crippen LogP contribution in [0.15, 0.2) is 0 Å². The van der Waals surface area contributed by atoms with Crippen LogP contribution in [-0.4, -0.2) is 96.7 Å². The predicted octanol–water partition coefficient (Wildman–Crippen LogP) is 20.1. The molecule has 0 aliphatic rings. The number of carbonyl (C=O) groups excluding carboxylic acids is 4. The van der Waals surface area contributed by atoms with Crippen molar-refractivity contribution in [1.29, 1.82) is 0 Å². The maximum atomic E-state index is 13.0. The molecule has 0 amide bonds. The van der Waals surface area contributed by atoms with Gasteiger partial charge in [-0.05, 0) is 31.6 Å². The number of carbonyl (C=O) groups is 4. The van der Waals surface area contributed by atoms with Crippen molar-refractivity contribution in [3.8, 4) is 0 Å². The standard InChI is InChI=1S/C70H136O17P2/c1-6-9-12-15-17-19-21-23-24-25-26-27-28-29-30-31-33-35-40-45-50-55-69(74)87-66(60-81-68(73)54-49-44-39-34-32-22-20-18-16-13-10-7-2)62-85-89(78,79)83-58-64(71)57-82-88(76,77)84-61-65(59-80-67(72)53-48-42-14-11-8-3)86-70(75)56-51-46-41-37-36-38-43-47-52-63(4)5/h63-66,71H,6-62H2,1-5H3,(H,76,77)(H,78,79)/t64-,65+,66+/m0/s1. The number of phosphoric ester groups is 2. The number of rotatable bonds is 70. The van der Waals surface area contributed by atoms with Crippen molar-refractivity contribution >= 4 is 39.5 Å². The number of unbranched alkanes of at least 4 members (excludes halogenated alkanes) is 42. The van der Waals surface area contributed by atoms with Crippen LogP contribution in [0.1, 0.15) is 362 Å². The van der Waals surface area contributed by atoms with Gasteiger partial charge >= 0.3 is 39.5 Å². The van der Waals surface area contributed by atoms with Crippen LogP contribution in [0, 0.1) is 5.92 Å². The zero-order valence-corrected chi connectivity index (χ0v) is 59.4. The first kappa shape index (κ1) is 87.1. The molecule has 0 fully saturated rings. The third kappa shape index (κ3) is 64.6. The molecule has 0 rings (SSSR count). The lowest BCUT2D eigenvalue weighted by Crippen LogP contribution is -2.30. The molecule has 19 heteroatoms. The molecule has 0 saturated carbocycles. The molecule has 0 aliphatic carbocycles. The Bertz CT molecular complexity index is 1720. The molecule has 0 saturated heterocycles. The summed E-state index contributed by atoms with van der Waals surface area (Å²) in [5.74, 6) is -1.42. The Balaban J connectivity index is 5.10. The van der Waals surface area contributed by atoms with Crippen LogP contribution in [0.5, 0.6) is 0 Å². The van der Waals surface area contributed by atoms with Crippen molar-refractivity contribution in [3.63, 3.8) is 0 Å². The lowest BCUT2D eigenvalue weighted by molar-refractivity contribution is -0.161. The summed E-state index contributed by atoms with van der Waals surface area (Å²) in [7, 11) is -9.89. The van der Waals surface area contributed by atoms with E-state index in [0.29, 0.717) is 25.7 Å². The van der Waals surface area contributed by atoms with Gasteiger partial charge in [0.2, 0.25) is 0 Å². The van der Waals surface area contributed by atoms with Gasteiger partial charge in [-0.3, -0.25) is 37.3 Å². The van der Waals surface area contributed by atoms with Gasteiger partial charge in [0.25, 0.3) is 0 Å². The van der Waals surface area contributed by atoms with Crippen LogP contribution < -0.4 is 0 Å². The van der Waals surface area contributed by atoms with E-state index < -0.39 is 97.5 Å². The fourth-order valence-electron chi connectivity index (χ4n) is 10.6. The normalized spacial score (nSPS) is 14.1. The molecule has 89 heavy (non-hydrogen) atoms. The van der Waals surface area contributed by atoms with E-state index in [4.69, 9.17) is 37.0 Å². The van der Waals surface area contributed by atoms with E-state index >= 15 is 0 Å². The Labute approximate surface area is 543 Å². The van der Waals surface area contributed by atoms with Crippen LogP contribution in [0.4, 0.5) is 0 Å². The number of ether oxygens (including phenoxy) is 4. The van der Waals surface area contributed by atoms with Crippen LogP contribution in [0.3, 0.4) is 0 Å². The Hall–Kier alpha value is -1.94. The average Bonchev–Trinajstić information content (AvgIpc) is 3.58. The van der Waals surface area contributed by atoms with E-state index in [1.165, 1.54) is 180 Å². The Morgan fingerprint density at radius 2 is 0.517 bits per heavy atom. The van der Waals surface area contributed by atoms with Gasteiger partial charge in [0.1, 0.15) is 19.3 Å². The molecule has 528 valence electrons. The van der Waals surface area contributed by atoms with Crippen molar-refractivity contribution in [3.05, 3.63) is 0 Å². The summed E-state index contributed by atoms with van der Waals surface area (Å²) in [6.45, 7) is 7.11. The van der Waals surface area contributed by atoms with E-state index in [2.05, 4.69) is 34.6 Å². The van der Waals surface area contributed by atoms with Gasteiger partial charge in [0.05, 0.1) is 26.4 Å². The number of phosphoric acid groups is 2. The molecule has 0 aliphatic heterocycles. The van der Waals surface area contributed by atoms with Crippen molar-refractivity contribution in [2.24, 2.45) is 5.92 Å². The van der Waals surface area contributed by atoms with Gasteiger partial charge in [-0.15, -0.1) is 0 Å². The highest BCUT2D eigenvalue weighted by Crippen LogP contribution is 2.45. The highest BCUT2D eigenvalue weighted by Gasteiger charge is 2.30. The first-order chi connectivity index (χ1) is 43.0. The van der Waals surface area contributed by atoms with Crippen molar-refractivity contribution in [2.45, 2.75) is 380 Å². The highest BCUT2D eigenvalue weighted by atomic mass is 31.2. The first-order valence-corrected chi connectivity index (χ1v) is 39.6. The highest BCUT2D eigenvalue weighted by molar-refractivity contribution is 7.47. The average molecular weight is 1310 g/mol. The Kier molecular flexibility index (Phi) is 62.1. The quantitative estimate of drug-likeness (QED) is 0.0222. The van der Waals surface area contributed by atoms with Gasteiger partial charge in [-0.25, -0.2) is 9.13 Å². The van der Waals surface area contributed by atoms with Crippen LogP contribution >= 0.6 is 15.6 Å². The maximum Gasteiger partial charge on any atom is 0.472 e. The second-order valence-corrected chi connectivity index (χ2v) is 28.7. The van der Waals surface area contributed by atoms with Gasteiger partial charge in [0.15, 0.2) is 12.2 Å². The summed E-state index contributed by atoms with van der Waals surface area (Å²) in [5, 5.41) is 10.5. The number of hydrogen-bond donors (Lipinski definition) is 3. The van der Waals surface area contributed by atoms with Crippen LogP contribution in [0.2, 0.25) is 0 Å². The fourth-order valence-corrected chi connectivity index (χ4v) is 12.2. The minimum absolute atomic E-state index is 0.104. The van der Waals surface area contributed by atoms with Gasteiger partial charge in [-0.2, -0.15) is 0 Å². The lowest BCUT2D eigenvalue weighted by Gasteiger charge is -2.21. The summed E-state index contributed by atoms with van der Waals surface area (Å²) >= 11 is 0. The second-order valence-electron chi connectivity index (χ2n) is 25.7. The molecule has 0 aromatic heterocycles. The minimum atomic E-state index is -4.95.